The van der Waals surface area contributed by atoms with Gasteiger partial charge in [-0.3, -0.25) is 5.41 Å². The van der Waals surface area contributed by atoms with E-state index in [9.17, 15) is 17.6 Å². The van der Waals surface area contributed by atoms with Gasteiger partial charge in [0.1, 0.15) is 17.4 Å². The van der Waals surface area contributed by atoms with Gasteiger partial charge < -0.3 is 10.5 Å². The first-order valence-electron chi connectivity index (χ1n) is 4.13. The lowest BCUT2D eigenvalue weighted by atomic mass is 10.1. The molecule has 0 amide bonds. The maximum absolute atomic E-state index is 13.1. The van der Waals surface area contributed by atoms with E-state index >= 15 is 0 Å². The van der Waals surface area contributed by atoms with Crippen molar-refractivity contribution in [3.63, 3.8) is 0 Å². The molecule has 0 saturated carbocycles. The minimum absolute atomic E-state index is 0. The molecular formula is C9H9ClF4N2O. The summed E-state index contributed by atoms with van der Waals surface area (Å²) < 4.78 is 53.1. The van der Waals surface area contributed by atoms with E-state index in [0.29, 0.717) is 0 Å². The highest BCUT2D eigenvalue weighted by Crippen LogP contribution is 2.23. The Labute approximate surface area is 100 Å². The highest BCUT2D eigenvalue weighted by Gasteiger charge is 2.29. The summed E-state index contributed by atoms with van der Waals surface area (Å²) in [4.78, 5) is 0. The minimum atomic E-state index is -4.53. The molecule has 3 N–H and O–H groups in total. The molecule has 0 aromatic heterocycles. The van der Waals surface area contributed by atoms with Crippen LogP contribution in [0.25, 0.3) is 0 Å². The highest BCUT2D eigenvalue weighted by molar-refractivity contribution is 5.97. The lowest BCUT2D eigenvalue weighted by Crippen LogP contribution is -2.22. The van der Waals surface area contributed by atoms with Crippen LogP contribution in [-0.4, -0.2) is 18.6 Å². The van der Waals surface area contributed by atoms with E-state index in [2.05, 4.69) is 4.74 Å². The van der Waals surface area contributed by atoms with Gasteiger partial charge in [-0.1, -0.05) is 6.07 Å². The third kappa shape index (κ3) is 4.48. The summed E-state index contributed by atoms with van der Waals surface area (Å²) in [6.07, 6.45) is -4.53. The number of nitrogens with two attached hydrogens (primary N) is 1. The van der Waals surface area contributed by atoms with Crippen LogP contribution < -0.4 is 10.5 Å². The van der Waals surface area contributed by atoms with Gasteiger partial charge in [0.2, 0.25) is 0 Å². The third-order valence-corrected chi connectivity index (χ3v) is 1.64. The molecule has 3 nitrogen and oxygen atoms in total. The molecule has 0 aliphatic rings. The number of alkyl halides is 3. The summed E-state index contributed by atoms with van der Waals surface area (Å²) in [6, 6.07) is 3.27. The molecule has 1 aromatic carbocycles. The van der Waals surface area contributed by atoms with E-state index in [1.165, 1.54) is 6.07 Å². The van der Waals surface area contributed by atoms with Gasteiger partial charge in [-0.15, -0.1) is 12.4 Å². The summed E-state index contributed by atoms with van der Waals surface area (Å²) >= 11 is 0. The van der Waals surface area contributed by atoms with Crippen LogP contribution in [0.4, 0.5) is 17.6 Å². The summed E-state index contributed by atoms with van der Waals surface area (Å²) in [5, 5.41) is 7.03. The fourth-order valence-electron chi connectivity index (χ4n) is 1.05. The van der Waals surface area contributed by atoms with Gasteiger partial charge in [-0.05, 0) is 12.1 Å². The monoisotopic (exact) mass is 272 g/mol. The first-order chi connectivity index (χ1) is 7.31. The molecule has 0 bridgehead atoms. The second-order valence-corrected chi connectivity index (χ2v) is 2.93. The zero-order valence-corrected chi connectivity index (χ0v) is 9.16. The number of ether oxygens (including phenoxy) is 1. The Bertz CT molecular complexity index is 408. The summed E-state index contributed by atoms with van der Waals surface area (Å²) in [5.74, 6) is -1.98. The predicted molar refractivity (Wildman–Crippen MR) is 56.2 cm³/mol. The Morgan fingerprint density at radius 1 is 1.35 bits per heavy atom. The highest BCUT2D eigenvalue weighted by atomic mass is 35.5. The molecule has 0 radical (unpaired) electrons. The first-order valence-corrected chi connectivity index (χ1v) is 4.13. The topological polar surface area (TPSA) is 59.1 Å². The summed E-state index contributed by atoms with van der Waals surface area (Å²) in [6.45, 7) is -1.56. The molecule has 0 saturated heterocycles. The lowest BCUT2D eigenvalue weighted by Gasteiger charge is -2.12. The fraction of sp³-hybridized carbons (Fsp3) is 0.222. The molecule has 0 spiro atoms. The second-order valence-electron chi connectivity index (χ2n) is 2.93. The van der Waals surface area contributed by atoms with Crippen LogP contribution in [0, 0.1) is 11.2 Å². The number of hydrogen-bond donors (Lipinski definition) is 2. The third-order valence-electron chi connectivity index (χ3n) is 1.64. The molecule has 0 atom stereocenters. The summed E-state index contributed by atoms with van der Waals surface area (Å²) in [5.41, 5.74) is 4.57. The zero-order valence-electron chi connectivity index (χ0n) is 8.34. The number of rotatable bonds is 3. The van der Waals surface area contributed by atoms with Crippen LogP contribution in [0.3, 0.4) is 0 Å². The Morgan fingerprint density at radius 3 is 2.41 bits per heavy atom. The van der Waals surface area contributed by atoms with E-state index in [1.807, 2.05) is 0 Å². The minimum Gasteiger partial charge on any atom is -0.483 e. The van der Waals surface area contributed by atoms with Crippen molar-refractivity contribution in [3.05, 3.63) is 29.6 Å². The van der Waals surface area contributed by atoms with Crippen LogP contribution in [-0.2, 0) is 0 Å². The van der Waals surface area contributed by atoms with E-state index in [1.54, 1.807) is 0 Å². The number of amidine groups is 1. The van der Waals surface area contributed by atoms with E-state index in [4.69, 9.17) is 11.1 Å². The lowest BCUT2D eigenvalue weighted by molar-refractivity contribution is -0.153. The Hall–Kier alpha value is -1.50. The standard InChI is InChI=1S/C9H8F4N2O.ClH/c10-5-2-1-3-6(7(5)8(14)15)16-4-9(11,12)13;/h1-3H,4H2,(H3,14,15);1H. The summed E-state index contributed by atoms with van der Waals surface area (Å²) in [7, 11) is 0. The average molecular weight is 273 g/mol. The van der Waals surface area contributed by atoms with Gasteiger partial charge in [-0.2, -0.15) is 13.2 Å². The Kier molecular flexibility index (Phi) is 5.21. The van der Waals surface area contributed by atoms with Crippen LogP contribution >= 0.6 is 12.4 Å². The number of nitrogens with one attached hydrogen (secondary N) is 1. The van der Waals surface area contributed by atoms with Crippen LogP contribution in [0.5, 0.6) is 5.75 Å². The quantitative estimate of drug-likeness (QED) is 0.504. The van der Waals surface area contributed by atoms with Crippen LogP contribution in [0.1, 0.15) is 5.56 Å². The van der Waals surface area contributed by atoms with Gasteiger partial charge in [0.05, 0.1) is 5.56 Å². The van der Waals surface area contributed by atoms with Gasteiger partial charge in [-0.25, -0.2) is 4.39 Å². The van der Waals surface area contributed by atoms with Crippen molar-refractivity contribution in [2.45, 2.75) is 6.18 Å². The van der Waals surface area contributed by atoms with Crippen molar-refractivity contribution in [3.8, 4) is 5.75 Å². The SMILES string of the molecule is Cl.N=C(N)c1c(F)cccc1OCC(F)(F)F. The molecule has 1 rings (SSSR count). The van der Waals surface area contributed by atoms with Gasteiger partial charge in [0, 0.05) is 0 Å². The fourth-order valence-corrected chi connectivity index (χ4v) is 1.05. The molecular weight excluding hydrogens is 264 g/mol. The van der Waals surface area contributed by atoms with E-state index in [-0.39, 0.29) is 12.4 Å². The molecule has 17 heavy (non-hydrogen) atoms. The number of benzene rings is 1. The van der Waals surface area contributed by atoms with Crippen molar-refractivity contribution >= 4 is 18.2 Å². The van der Waals surface area contributed by atoms with Crippen molar-refractivity contribution < 1.29 is 22.3 Å². The Morgan fingerprint density at radius 2 is 1.94 bits per heavy atom. The smallest absolute Gasteiger partial charge is 0.422 e. The number of hydrogen-bond acceptors (Lipinski definition) is 2. The molecule has 0 aliphatic carbocycles. The average Bonchev–Trinajstić information content (AvgIpc) is 2.12. The normalized spacial score (nSPS) is 10.6. The largest absolute Gasteiger partial charge is 0.483 e. The zero-order chi connectivity index (χ0) is 12.3. The van der Waals surface area contributed by atoms with Crippen molar-refractivity contribution in [2.24, 2.45) is 5.73 Å². The molecule has 0 heterocycles. The maximum atomic E-state index is 13.1. The van der Waals surface area contributed by atoms with Gasteiger partial charge >= 0.3 is 6.18 Å². The van der Waals surface area contributed by atoms with Gasteiger partial charge in [0.15, 0.2) is 6.61 Å². The van der Waals surface area contributed by atoms with Gasteiger partial charge in [0.25, 0.3) is 0 Å². The van der Waals surface area contributed by atoms with E-state index in [0.717, 1.165) is 12.1 Å². The number of nitrogen functional groups attached to an aromatic ring is 1. The van der Waals surface area contributed by atoms with Crippen molar-refractivity contribution in [1.29, 1.82) is 5.41 Å². The molecule has 0 fully saturated rings. The van der Waals surface area contributed by atoms with Crippen molar-refractivity contribution in [1.82, 2.24) is 0 Å². The van der Waals surface area contributed by atoms with Crippen LogP contribution in [0.2, 0.25) is 0 Å². The van der Waals surface area contributed by atoms with Crippen LogP contribution in [0.15, 0.2) is 18.2 Å². The molecule has 8 heteroatoms. The molecule has 1 aromatic rings. The maximum Gasteiger partial charge on any atom is 0.422 e. The Balaban J connectivity index is 0.00000256. The predicted octanol–water partition coefficient (Wildman–Crippen LogP) is 2.47. The van der Waals surface area contributed by atoms with Crippen molar-refractivity contribution in [2.75, 3.05) is 6.61 Å². The molecule has 0 aliphatic heterocycles. The molecule has 96 valence electrons. The first kappa shape index (κ1) is 15.5. The molecule has 0 unspecified atom stereocenters. The second kappa shape index (κ2) is 5.72. The number of halogens is 5. The van der Waals surface area contributed by atoms with E-state index < -0.39 is 35.7 Å².